The van der Waals surface area contributed by atoms with Gasteiger partial charge < -0.3 is 15.0 Å². The van der Waals surface area contributed by atoms with Crippen molar-refractivity contribution in [1.29, 1.82) is 0 Å². The molecule has 1 unspecified atom stereocenters. The van der Waals surface area contributed by atoms with Gasteiger partial charge in [0.15, 0.2) is 0 Å². The topological polar surface area (TPSA) is 41.6 Å². The lowest BCUT2D eigenvalue weighted by Gasteiger charge is -2.39. The van der Waals surface area contributed by atoms with E-state index in [0.29, 0.717) is 5.41 Å². The van der Waals surface area contributed by atoms with Crippen LogP contribution in [-0.2, 0) is 9.53 Å². The van der Waals surface area contributed by atoms with E-state index in [1.54, 1.807) is 0 Å². The Balaban J connectivity index is 0.00000120. The predicted octanol–water partition coefficient (Wildman–Crippen LogP) is 1.19. The van der Waals surface area contributed by atoms with Gasteiger partial charge in [-0.1, -0.05) is 0 Å². The second kappa shape index (κ2) is 5.76. The van der Waals surface area contributed by atoms with Crippen LogP contribution in [0, 0.1) is 5.41 Å². The fourth-order valence-corrected chi connectivity index (χ4v) is 3.40. The van der Waals surface area contributed by atoms with Crippen LogP contribution in [0.3, 0.4) is 0 Å². The smallest absolute Gasteiger partial charge is 0.251 e. The first-order valence-electron chi connectivity index (χ1n) is 6.90. The zero-order chi connectivity index (χ0) is 11.7. The average molecular weight is 275 g/mol. The lowest BCUT2D eigenvalue weighted by atomic mass is 9.78. The zero-order valence-corrected chi connectivity index (χ0v) is 11.6. The second-order valence-electron chi connectivity index (χ2n) is 5.75. The van der Waals surface area contributed by atoms with E-state index in [0.717, 1.165) is 45.6 Å². The summed E-state index contributed by atoms with van der Waals surface area (Å²) in [6, 6.07) is 0. The van der Waals surface area contributed by atoms with Crippen LogP contribution in [0.15, 0.2) is 0 Å². The molecule has 1 amide bonds. The minimum Gasteiger partial charge on any atom is -0.368 e. The van der Waals surface area contributed by atoms with Gasteiger partial charge in [-0.3, -0.25) is 4.79 Å². The van der Waals surface area contributed by atoms with Gasteiger partial charge in [-0.15, -0.1) is 12.4 Å². The third kappa shape index (κ3) is 2.65. The zero-order valence-electron chi connectivity index (χ0n) is 10.8. The number of likely N-dealkylation sites (tertiary alicyclic amines) is 1. The number of carbonyl (C=O) groups is 1. The molecule has 3 heterocycles. The molecule has 0 aromatic rings. The van der Waals surface area contributed by atoms with Gasteiger partial charge in [-0.2, -0.15) is 0 Å². The van der Waals surface area contributed by atoms with Gasteiger partial charge in [0, 0.05) is 26.2 Å². The quantitative estimate of drug-likeness (QED) is 0.781. The molecule has 3 aliphatic rings. The molecule has 0 aromatic heterocycles. The highest BCUT2D eigenvalue weighted by molar-refractivity contribution is 5.85. The molecule has 3 fully saturated rings. The lowest BCUT2D eigenvalue weighted by molar-refractivity contribution is -0.143. The van der Waals surface area contributed by atoms with Crippen molar-refractivity contribution in [3.05, 3.63) is 0 Å². The normalized spacial score (nSPS) is 30.4. The van der Waals surface area contributed by atoms with Gasteiger partial charge >= 0.3 is 0 Å². The SMILES string of the molecule is Cl.O=C(C1CCCO1)N1CCC2(CCNC2)CC1. The van der Waals surface area contributed by atoms with E-state index in [4.69, 9.17) is 4.74 Å². The van der Waals surface area contributed by atoms with Crippen LogP contribution < -0.4 is 5.32 Å². The number of rotatable bonds is 1. The first-order valence-corrected chi connectivity index (χ1v) is 6.90. The second-order valence-corrected chi connectivity index (χ2v) is 5.75. The molecular weight excluding hydrogens is 252 g/mol. The Labute approximate surface area is 115 Å². The Bertz CT molecular complexity index is 289. The molecule has 3 aliphatic heterocycles. The first-order chi connectivity index (χ1) is 8.29. The van der Waals surface area contributed by atoms with Crippen molar-refractivity contribution in [2.24, 2.45) is 5.41 Å². The number of hydrogen-bond acceptors (Lipinski definition) is 3. The molecule has 3 rings (SSSR count). The summed E-state index contributed by atoms with van der Waals surface area (Å²) in [4.78, 5) is 14.2. The molecule has 1 atom stereocenters. The third-order valence-electron chi connectivity index (χ3n) is 4.67. The Morgan fingerprint density at radius 1 is 1.28 bits per heavy atom. The van der Waals surface area contributed by atoms with Crippen molar-refractivity contribution in [2.75, 3.05) is 32.8 Å². The molecule has 0 saturated carbocycles. The van der Waals surface area contributed by atoms with Gasteiger partial charge in [0.05, 0.1) is 0 Å². The summed E-state index contributed by atoms with van der Waals surface area (Å²) in [6.07, 6.45) is 5.44. The van der Waals surface area contributed by atoms with Crippen molar-refractivity contribution in [3.8, 4) is 0 Å². The summed E-state index contributed by atoms with van der Waals surface area (Å²) >= 11 is 0. The molecule has 0 aliphatic carbocycles. The molecule has 1 N–H and O–H groups in total. The minimum atomic E-state index is -0.134. The Morgan fingerprint density at radius 3 is 2.61 bits per heavy atom. The summed E-state index contributed by atoms with van der Waals surface area (Å²) in [5.41, 5.74) is 0.493. The van der Waals surface area contributed by atoms with E-state index >= 15 is 0 Å². The van der Waals surface area contributed by atoms with Crippen LogP contribution in [0.25, 0.3) is 0 Å². The van der Waals surface area contributed by atoms with Crippen LogP contribution in [0.5, 0.6) is 0 Å². The molecular formula is C13H23ClN2O2. The number of nitrogens with zero attached hydrogens (tertiary/aromatic N) is 1. The van der Waals surface area contributed by atoms with E-state index in [2.05, 4.69) is 5.32 Å². The maximum atomic E-state index is 12.2. The molecule has 1 spiro atoms. The maximum absolute atomic E-state index is 12.2. The highest BCUT2D eigenvalue weighted by Crippen LogP contribution is 2.37. The van der Waals surface area contributed by atoms with Crippen molar-refractivity contribution < 1.29 is 9.53 Å². The van der Waals surface area contributed by atoms with Crippen LogP contribution >= 0.6 is 12.4 Å². The Kier molecular flexibility index (Phi) is 4.51. The van der Waals surface area contributed by atoms with Gasteiger partial charge in [-0.25, -0.2) is 0 Å². The largest absolute Gasteiger partial charge is 0.368 e. The van der Waals surface area contributed by atoms with Gasteiger partial charge in [0.1, 0.15) is 6.10 Å². The molecule has 0 bridgehead atoms. The van der Waals surface area contributed by atoms with E-state index in [9.17, 15) is 4.79 Å². The van der Waals surface area contributed by atoms with Crippen molar-refractivity contribution in [2.45, 2.75) is 38.2 Å². The number of halogens is 1. The highest BCUT2D eigenvalue weighted by Gasteiger charge is 2.39. The summed E-state index contributed by atoms with van der Waals surface area (Å²) in [7, 11) is 0. The number of amides is 1. The standard InChI is InChI=1S/C13H22N2O2.ClH/c16-12(11-2-1-9-17-11)15-7-4-13(5-8-15)3-6-14-10-13;/h11,14H,1-10H2;1H. The van der Waals surface area contributed by atoms with Crippen LogP contribution in [0.1, 0.15) is 32.1 Å². The number of hydrogen-bond donors (Lipinski definition) is 1. The molecule has 0 aromatic carbocycles. The summed E-state index contributed by atoms with van der Waals surface area (Å²) in [5, 5.41) is 3.45. The maximum Gasteiger partial charge on any atom is 0.251 e. The van der Waals surface area contributed by atoms with Gasteiger partial charge in [0.2, 0.25) is 0 Å². The predicted molar refractivity (Wildman–Crippen MR) is 72.0 cm³/mol. The van der Waals surface area contributed by atoms with Crippen LogP contribution in [-0.4, -0.2) is 49.7 Å². The van der Waals surface area contributed by atoms with E-state index in [1.807, 2.05) is 4.90 Å². The molecule has 104 valence electrons. The minimum absolute atomic E-state index is 0. The van der Waals surface area contributed by atoms with Crippen molar-refractivity contribution in [1.82, 2.24) is 10.2 Å². The number of nitrogens with one attached hydrogen (secondary N) is 1. The van der Waals surface area contributed by atoms with Crippen LogP contribution in [0.4, 0.5) is 0 Å². The summed E-state index contributed by atoms with van der Waals surface area (Å²) in [5.74, 6) is 0.239. The monoisotopic (exact) mass is 274 g/mol. The van der Waals surface area contributed by atoms with E-state index < -0.39 is 0 Å². The molecule has 3 saturated heterocycles. The molecule has 4 nitrogen and oxygen atoms in total. The number of ether oxygens (including phenoxy) is 1. The molecule has 18 heavy (non-hydrogen) atoms. The number of carbonyl (C=O) groups excluding carboxylic acids is 1. The summed E-state index contributed by atoms with van der Waals surface area (Å²) in [6.45, 7) is 4.92. The Morgan fingerprint density at radius 2 is 2.06 bits per heavy atom. The molecule has 0 radical (unpaired) electrons. The fraction of sp³-hybridized carbons (Fsp3) is 0.923. The third-order valence-corrected chi connectivity index (χ3v) is 4.67. The first kappa shape index (κ1) is 14.1. The Hall–Kier alpha value is -0.320. The molecule has 5 heteroatoms. The average Bonchev–Trinajstić information content (AvgIpc) is 3.01. The van der Waals surface area contributed by atoms with E-state index in [1.165, 1.54) is 19.3 Å². The van der Waals surface area contributed by atoms with Gasteiger partial charge in [-0.05, 0) is 44.1 Å². The lowest BCUT2D eigenvalue weighted by Crippen LogP contribution is -2.47. The summed E-state index contributed by atoms with van der Waals surface area (Å²) < 4.78 is 5.48. The number of piperidine rings is 1. The van der Waals surface area contributed by atoms with Crippen molar-refractivity contribution >= 4 is 18.3 Å². The fourth-order valence-electron chi connectivity index (χ4n) is 3.40. The van der Waals surface area contributed by atoms with E-state index in [-0.39, 0.29) is 24.4 Å². The van der Waals surface area contributed by atoms with Crippen LogP contribution in [0.2, 0.25) is 0 Å². The highest BCUT2D eigenvalue weighted by atomic mass is 35.5. The van der Waals surface area contributed by atoms with Gasteiger partial charge in [0.25, 0.3) is 5.91 Å². The van der Waals surface area contributed by atoms with Crippen molar-refractivity contribution in [3.63, 3.8) is 0 Å².